The Labute approximate surface area is 113 Å². The highest BCUT2D eigenvalue weighted by Gasteiger charge is 2.16. The van der Waals surface area contributed by atoms with Gasteiger partial charge < -0.3 is 10.4 Å². The maximum Gasteiger partial charge on any atom is 0.326 e. The molecular weight excluding hydrogens is 245 g/mol. The van der Waals surface area contributed by atoms with Crippen LogP contribution in [0, 0.1) is 5.82 Å². The van der Waals surface area contributed by atoms with Crippen LogP contribution in [0.3, 0.4) is 0 Å². The first-order valence-electron chi connectivity index (χ1n) is 6.49. The van der Waals surface area contributed by atoms with Crippen LogP contribution in [-0.4, -0.2) is 17.1 Å². The zero-order chi connectivity index (χ0) is 14.1. The van der Waals surface area contributed by atoms with E-state index in [-0.39, 0.29) is 5.82 Å². The van der Waals surface area contributed by atoms with Gasteiger partial charge in [-0.2, -0.15) is 0 Å². The Hall–Kier alpha value is -1.84. The molecule has 0 aromatic heterocycles. The van der Waals surface area contributed by atoms with Crippen LogP contribution in [-0.2, 0) is 4.79 Å². The predicted molar refractivity (Wildman–Crippen MR) is 74.7 cm³/mol. The van der Waals surface area contributed by atoms with Crippen molar-refractivity contribution in [1.82, 2.24) is 0 Å². The van der Waals surface area contributed by atoms with Crippen molar-refractivity contribution in [2.45, 2.75) is 38.1 Å². The summed E-state index contributed by atoms with van der Waals surface area (Å²) in [5.41, 5.74) is 0.499. The molecule has 0 aliphatic heterocycles. The molecule has 0 amide bonds. The molecule has 1 rings (SSSR count). The number of allylic oxidation sites excluding steroid dienone is 1. The Kier molecular flexibility index (Phi) is 6.64. The molecule has 1 aromatic carbocycles. The summed E-state index contributed by atoms with van der Waals surface area (Å²) in [5.74, 6) is -1.28. The molecule has 0 bridgehead atoms. The van der Waals surface area contributed by atoms with Crippen molar-refractivity contribution in [3.05, 3.63) is 42.7 Å². The van der Waals surface area contributed by atoms with Crippen LogP contribution >= 0.6 is 0 Å². The Balaban J connectivity index is 2.44. The summed E-state index contributed by atoms with van der Waals surface area (Å²) in [4.78, 5) is 11.1. The fourth-order valence-electron chi connectivity index (χ4n) is 1.85. The zero-order valence-corrected chi connectivity index (χ0v) is 10.9. The number of rotatable bonds is 9. The van der Waals surface area contributed by atoms with Gasteiger partial charge in [-0.1, -0.05) is 25.0 Å². The number of aliphatic carboxylic acids is 1. The lowest BCUT2D eigenvalue weighted by atomic mass is 10.1. The number of halogens is 1. The molecule has 0 saturated heterocycles. The van der Waals surface area contributed by atoms with Gasteiger partial charge in [-0.25, -0.2) is 9.18 Å². The van der Waals surface area contributed by atoms with Gasteiger partial charge in [0.15, 0.2) is 0 Å². The smallest absolute Gasteiger partial charge is 0.326 e. The van der Waals surface area contributed by atoms with Crippen molar-refractivity contribution in [3.8, 4) is 0 Å². The quantitative estimate of drug-likeness (QED) is 0.527. The normalized spacial score (nSPS) is 11.8. The van der Waals surface area contributed by atoms with Gasteiger partial charge in [0.2, 0.25) is 0 Å². The van der Waals surface area contributed by atoms with E-state index in [1.807, 2.05) is 6.08 Å². The van der Waals surface area contributed by atoms with Crippen molar-refractivity contribution < 1.29 is 14.3 Å². The molecule has 3 nitrogen and oxygen atoms in total. The van der Waals surface area contributed by atoms with Gasteiger partial charge in [0.25, 0.3) is 0 Å². The van der Waals surface area contributed by atoms with Crippen molar-refractivity contribution in [2.24, 2.45) is 0 Å². The van der Waals surface area contributed by atoms with Gasteiger partial charge in [-0.3, -0.25) is 0 Å². The lowest BCUT2D eigenvalue weighted by Crippen LogP contribution is -2.29. The Morgan fingerprint density at radius 3 is 2.84 bits per heavy atom. The predicted octanol–water partition coefficient (Wildman–Crippen LogP) is 3.83. The Morgan fingerprint density at radius 2 is 2.21 bits per heavy atom. The molecule has 19 heavy (non-hydrogen) atoms. The number of unbranched alkanes of at least 4 members (excludes halogenated alkanes) is 3. The highest BCUT2D eigenvalue weighted by atomic mass is 19.1. The summed E-state index contributed by atoms with van der Waals surface area (Å²) in [5, 5.41) is 12.0. The number of hydrogen-bond acceptors (Lipinski definition) is 2. The molecular formula is C15H20FNO2. The molecule has 4 heteroatoms. The van der Waals surface area contributed by atoms with Crippen LogP contribution in [0.25, 0.3) is 0 Å². The number of anilines is 1. The van der Waals surface area contributed by atoms with Crippen molar-refractivity contribution in [1.29, 1.82) is 0 Å². The van der Waals surface area contributed by atoms with E-state index in [4.69, 9.17) is 5.11 Å². The first kappa shape index (κ1) is 15.2. The average Bonchev–Trinajstić information content (AvgIpc) is 2.37. The monoisotopic (exact) mass is 265 g/mol. The SMILES string of the molecule is C=CCCCCCC(Nc1cccc(F)c1)C(=O)O. The largest absolute Gasteiger partial charge is 0.480 e. The number of carboxylic acid groups (broad SMARTS) is 1. The van der Waals surface area contributed by atoms with Crippen molar-refractivity contribution in [2.75, 3.05) is 5.32 Å². The van der Waals surface area contributed by atoms with Gasteiger partial charge in [-0.05, 0) is 37.5 Å². The molecule has 0 spiro atoms. The van der Waals surface area contributed by atoms with E-state index < -0.39 is 12.0 Å². The summed E-state index contributed by atoms with van der Waals surface area (Å²) in [7, 11) is 0. The van der Waals surface area contributed by atoms with Crippen LogP contribution < -0.4 is 5.32 Å². The van der Waals surface area contributed by atoms with E-state index in [0.717, 1.165) is 25.7 Å². The van der Waals surface area contributed by atoms with E-state index in [9.17, 15) is 9.18 Å². The molecule has 2 N–H and O–H groups in total. The molecule has 0 aliphatic carbocycles. The third-order valence-electron chi connectivity index (χ3n) is 2.86. The fraction of sp³-hybridized carbons (Fsp3) is 0.400. The van der Waals surface area contributed by atoms with Crippen LogP contribution in [0.15, 0.2) is 36.9 Å². The summed E-state index contributed by atoms with van der Waals surface area (Å²) in [6.45, 7) is 3.64. The van der Waals surface area contributed by atoms with Crippen LogP contribution in [0.1, 0.15) is 32.1 Å². The van der Waals surface area contributed by atoms with Gasteiger partial charge in [0.05, 0.1) is 0 Å². The molecule has 0 aliphatic rings. The number of benzene rings is 1. The Bertz CT molecular complexity index is 420. The summed E-state index contributed by atoms with van der Waals surface area (Å²) in [6, 6.07) is 5.17. The van der Waals surface area contributed by atoms with Crippen LogP contribution in [0.4, 0.5) is 10.1 Å². The minimum absolute atomic E-state index is 0.375. The van der Waals surface area contributed by atoms with Crippen molar-refractivity contribution >= 4 is 11.7 Å². The lowest BCUT2D eigenvalue weighted by molar-refractivity contribution is -0.138. The minimum atomic E-state index is -0.909. The molecule has 1 atom stereocenters. The van der Waals surface area contributed by atoms with Crippen LogP contribution in [0.5, 0.6) is 0 Å². The number of carbonyl (C=O) groups is 1. The van der Waals surface area contributed by atoms with E-state index in [0.29, 0.717) is 12.1 Å². The highest BCUT2D eigenvalue weighted by Crippen LogP contribution is 2.14. The summed E-state index contributed by atoms with van der Waals surface area (Å²) < 4.78 is 13.0. The molecule has 0 saturated carbocycles. The summed E-state index contributed by atoms with van der Waals surface area (Å²) in [6.07, 6.45) is 6.17. The molecule has 0 radical (unpaired) electrons. The second-order valence-electron chi connectivity index (χ2n) is 4.47. The van der Waals surface area contributed by atoms with E-state index in [1.54, 1.807) is 12.1 Å². The maximum atomic E-state index is 13.0. The first-order valence-corrected chi connectivity index (χ1v) is 6.49. The molecule has 0 fully saturated rings. The third-order valence-corrected chi connectivity index (χ3v) is 2.86. The molecule has 104 valence electrons. The van der Waals surface area contributed by atoms with E-state index in [2.05, 4.69) is 11.9 Å². The average molecular weight is 265 g/mol. The molecule has 1 unspecified atom stereocenters. The number of nitrogens with one attached hydrogen (secondary N) is 1. The highest BCUT2D eigenvalue weighted by molar-refractivity contribution is 5.77. The summed E-state index contributed by atoms with van der Waals surface area (Å²) >= 11 is 0. The standard InChI is InChI=1S/C15H20FNO2/c1-2-3-4-5-6-10-14(15(18)19)17-13-9-7-8-12(16)11-13/h2,7-9,11,14,17H,1,3-6,10H2,(H,18,19). The van der Waals surface area contributed by atoms with Gasteiger partial charge >= 0.3 is 5.97 Å². The maximum absolute atomic E-state index is 13.0. The third kappa shape index (κ3) is 6.04. The fourth-order valence-corrected chi connectivity index (χ4v) is 1.85. The van der Waals surface area contributed by atoms with Crippen molar-refractivity contribution in [3.63, 3.8) is 0 Å². The Morgan fingerprint density at radius 1 is 1.42 bits per heavy atom. The van der Waals surface area contributed by atoms with Gasteiger partial charge in [-0.15, -0.1) is 6.58 Å². The zero-order valence-electron chi connectivity index (χ0n) is 10.9. The second kappa shape index (κ2) is 8.29. The van der Waals surface area contributed by atoms with Crippen LogP contribution in [0.2, 0.25) is 0 Å². The van der Waals surface area contributed by atoms with E-state index in [1.165, 1.54) is 12.1 Å². The lowest BCUT2D eigenvalue weighted by Gasteiger charge is -2.15. The van der Waals surface area contributed by atoms with Gasteiger partial charge in [0.1, 0.15) is 11.9 Å². The van der Waals surface area contributed by atoms with Gasteiger partial charge in [0, 0.05) is 5.69 Å². The minimum Gasteiger partial charge on any atom is -0.480 e. The first-order chi connectivity index (χ1) is 9.13. The second-order valence-corrected chi connectivity index (χ2v) is 4.47. The number of carboxylic acids is 1. The topological polar surface area (TPSA) is 49.3 Å². The molecule has 1 aromatic rings. The van der Waals surface area contributed by atoms with E-state index >= 15 is 0 Å². The molecule has 0 heterocycles. The number of hydrogen-bond donors (Lipinski definition) is 2.